The molecule has 0 radical (unpaired) electrons. The van der Waals surface area contributed by atoms with Crippen LogP contribution in [0.2, 0.25) is 0 Å². The number of likely N-dealkylation sites (N-methyl/N-ethyl adjacent to an activating group) is 1. The smallest absolute Gasteiger partial charge is 0.238 e. The number of nitrogens with one attached hydrogen (secondary N) is 1. The quantitative estimate of drug-likeness (QED) is 0.852. The fraction of sp³-hybridized carbons (Fsp3) is 0.409. The van der Waals surface area contributed by atoms with Gasteiger partial charge in [0.1, 0.15) is 0 Å². The first kappa shape index (κ1) is 19.4. The molecule has 5 heteroatoms. The largest absolute Gasteiger partial charge is 0.378 e. The molecule has 0 bridgehead atoms. The fourth-order valence-electron chi connectivity index (χ4n) is 3.54. The molecule has 0 saturated carbocycles. The number of carbonyl (C=O) groups excluding carboxylic acids is 1. The lowest BCUT2D eigenvalue weighted by molar-refractivity contribution is -0.117. The number of hydrogen-bond donors (Lipinski definition) is 1. The minimum atomic E-state index is 0.0127. The first-order chi connectivity index (χ1) is 13.0. The average Bonchev–Trinajstić information content (AvgIpc) is 2.66. The van der Waals surface area contributed by atoms with Gasteiger partial charge in [-0.1, -0.05) is 36.4 Å². The molecular formula is C22H29N3O2. The van der Waals surface area contributed by atoms with Crippen LogP contribution >= 0.6 is 0 Å². The second-order valence-electron chi connectivity index (χ2n) is 7.22. The molecular weight excluding hydrogens is 338 g/mol. The molecule has 1 amide bonds. The number of hydrogen-bond acceptors (Lipinski definition) is 4. The summed E-state index contributed by atoms with van der Waals surface area (Å²) in [5.74, 6) is 0.0127. The molecule has 1 heterocycles. The van der Waals surface area contributed by atoms with E-state index in [4.69, 9.17) is 4.74 Å². The maximum atomic E-state index is 12.5. The van der Waals surface area contributed by atoms with Gasteiger partial charge in [0, 0.05) is 31.0 Å². The predicted molar refractivity (Wildman–Crippen MR) is 110 cm³/mol. The van der Waals surface area contributed by atoms with Crippen LogP contribution < -0.4 is 10.2 Å². The van der Waals surface area contributed by atoms with Crippen LogP contribution in [-0.4, -0.2) is 50.7 Å². The number of ether oxygens (including phenoxy) is 1. The molecule has 1 fully saturated rings. The lowest BCUT2D eigenvalue weighted by atomic mass is 10.1. The first-order valence-corrected chi connectivity index (χ1v) is 9.50. The topological polar surface area (TPSA) is 44.8 Å². The zero-order valence-electron chi connectivity index (χ0n) is 16.5. The van der Waals surface area contributed by atoms with Gasteiger partial charge in [0.2, 0.25) is 5.91 Å². The van der Waals surface area contributed by atoms with Gasteiger partial charge in [-0.2, -0.15) is 0 Å². The second-order valence-corrected chi connectivity index (χ2v) is 7.22. The number of nitrogens with zero attached hydrogens (tertiary/aromatic N) is 2. The van der Waals surface area contributed by atoms with Crippen molar-refractivity contribution in [2.24, 2.45) is 0 Å². The van der Waals surface area contributed by atoms with Gasteiger partial charge >= 0.3 is 0 Å². The van der Waals surface area contributed by atoms with Gasteiger partial charge in [0.25, 0.3) is 0 Å². The lowest BCUT2D eigenvalue weighted by Crippen LogP contribution is -2.37. The Morgan fingerprint density at radius 2 is 1.74 bits per heavy atom. The zero-order valence-corrected chi connectivity index (χ0v) is 16.5. The highest BCUT2D eigenvalue weighted by Crippen LogP contribution is 2.23. The van der Waals surface area contributed by atoms with E-state index in [0.29, 0.717) is 6.54 Å². The normalized spacial score (nSPS) is 14.4. The van der Waals surface area contributed by atoms with Gasteiger partial charge in [-0.15, -0.1) is 0 Å². The van der Waals surface area contributed by atoms with Gasteiger partial charge in [-0.05, 0) is 43.7 Å². The molecule has 2 aromatic rings. The van der Waals surface area contributed by atoms with Crippen molar-refractivity contribution in [1.82, 2.24) is 4.90 Å². The Bertz CT molecular complexity index is 765. The Balaban J connectivity index is 1.62. The molecule has 3 rings (SSSR count). The van der Waals surface area contributed by atoms with Crippen LogP contribution in [0.3, 0.4) is 0 Å². The molecule has 2 aromatic carbocycles. The van der Waals surface area contributed by atoms with Gasteiger partial charge in [0.15, 0.2) is 0 Å². The molecule has 1 aliphatic rings. The van der Waals surface area contributed by atoms with Crippen molar-refractivity contribution in [3.8, 4) is 0 Å². The molecule has 1 saturated heterocycles. The van der Waals surface area contributed by atoms with Crippen LogP contribution in [-0.2, 0) is 16.1 Å². The fourth-order valence-corrected chi connectivity index (χ4v) is 3.54. The van der Waals surface area contributed by atoms with Crippen molar-refractivity contribution in [2.45, 2.75) is 20.4 Å². The third-order valence-electron chi connectivity index (χ3n) is 4.94. The van der Waals surface area contributed by atoms with Crippen LogP contribution in [0, 0.1) is 13.8 Å². The highest BCUT2D eigenvalue weighted by atomic mass is 16.5. The summed E-state index contributed by atoms with van der Waals surface area (Å²) in [6, 6.07) is 14.5. The Morgan fingerprint density at radius 1 is 1.07 bits per heavy atom. The van der Waals surface area contributed by atoms with E-state index in [1.165, 1.54) is 11.3 Å². The van der Waals surface area contributed by atoms with Crippen molar-refractivity contribution < 1.29 is 9.53 Å². The minimum Gasteiger partial charge on any atom is -0.378 e. The standard InChI is InChI=1S/C22H29N3O2/c1-17-7-6-8-18(2)22(17)23-21(26)16-24(3)15-19-9-4-5-10-20(19)25-11-13-27-14-12-25/h4-10H,11-16H2,1-3H3,(H,23,26). The Morgan fingerprint density at radius 3 is 2.44 bits per heavy atom. The molecule has 144 valence electrons. The van der Waals surface area contributed by atoms with Crippen LogP contribution in [0.4, 0.5) is 11.4 Å². The lowest BCUT2D eigenvalue weighted by Gasteiger charge is -2.31. The summed E-state index contributed by atoms with van der Waals surface area (Å²) in [5, 5.41) is 3.07. The molecule has 5 nitrogen and oxygen atoms in total. The van der Waals surface area contributed by atoms with E-state index in [0.717, 1.165) is 49.7 Å². The summed E-state index contributed by atoms with van der Waals surface area (Å²) in [5.41, 5.74) is 5.57. The van der Waals surface area contributed by atoms with E-state index in [1.807, 2.05) is 39.1 Å². The van der Waals surface area contributed by atoms with Crippen LogP contribution in [0.1, 0.15) is 16.7 Å². The van der Waals surface area contributed by atoms with Crippen molar-refractivity contribution in [2.75, 3.05) is 50.1 Å². The molecule has 0 atom stereocenters. The van der Waals surface area contributed by atoms with Crippen molar-refractivity contribution in [3.05, 3.63) is 59.2 Å². The first-order valence-electron chi connectivity index (χ1n) is 9.50. The molecule has 0 aromatic heterocycles. The zero-order chi connectivity index (χ0) is 19.2. The van der Waals surface area contributed by atoms with Crippen LogP contribution in [0.5, 0.6) is 0 Å². The number of amides is 1. The molecule has 1 aliphatic heterocycles. The summed E-state index contributed by atoms with van der Waals surface area (Å²) in [4.78, 5) is 16.9. The maximum Gasteiger partial charge on any atom is 0.238 e. The highest BCUT2D eigenvalue weighted by molar-refractivity contribution is 5.93. The summed E-state index contributed by atoms with van der Waals surface area (Å²) in [7, 11) is 1.99. The van der Waals surface area contributed by atoms with Crippen molar-refractivity contribution in [1.29, 1.82) is 0 Å². The van der Waals surface area contributed by atoms with E-state index in [9.17, 15) is 4.79 Å². The van der Waals surface area contributed by atoms with Gasteiger partial charge in [-0.3, -0.25) is 9.69 Å². The average molecular weight is 367 g/mol. The monoisotopic (exact) mass is 367 g/mol. The highest BCUT2D eigenvalue weighted by Gasteiger charge is 2.16. The Labute approximate surface area is 161 Å². The third kappa shape index (κ3) is 5.08. The van der Waals surface area contributed by atoms with Crippen LogP contribution in [0.25, 0.3) is 0 Å². The van der Waals surface area contributed by atoms with Gasteiger partial charge < -0.3 is 15.0 Å². The number of para-hydroxylation sites is 2. The molecule has 0 unspecified atom stereocenters. The SMILES string of the molecule is Cc1cccc(C)c1NC(=O)CN(C)Cc1ccccc1N1CCOCC1. The number of rotatable bonds is 6. The van der Waals surface area contributed by atoms with E-state index in [2.05, 4.69) is 39.4 Å². The molecule has 1 N–H and O–H groups in total. The Hall–Kier alpha value is -2.37. The predicted octanol–water partition coefficient (Wildman–Crippen LogP) is 3.21. The third-order valence-corrected chi connectivity index (χ3v) is 4.94. The maximum absolute atomic E-state index is 12.5. The summed E-state index contributed by atoms with van der Waals surface area (Å²) < 4.78 is 5.47. The number of carbonyl (C=O) groups is 1. The van der Waals surface area contributed by atoms with E-state index in [1.54, 1.807) is 0 Å². The van der Waals surface area contributed by atoms with Crippen LogP contribution in [0.15, 0.2) is 42.5 Å². The summed E-state index contributed by atoms with van der Waals surface area (Å²) in [6.45, 7) is 8.47. The minimum absolute atomic E-state index is 0.0127. The number of aryl methyl sites for hydroxylation is 2. The number of anilines is 2. The number of benzene rings is 2. The van der Waals surface area contributed by atoms with Crippen molar-refractivity contribution in [3.63, 3.8) is 0 Å². The van der Waals surface area contributed by atoms with E-state index < -0.39 is 0 Å². The van der Waals surface area contributed by atoms with Crippen molar-refractivity contribution >= 4 is 17.3 Å². The molecule has 0 spiro atoms. The molecule has 27 heavy (non-hydrogen) atoms. The van der Waals surface area contributed by atoms with Gasteiger partial charge in [-0.25, -0.2) is 0 Å². The van der Waals surface area contributed by atoms with E-state index >= 15 is 0 Å². The number of morpholine rings is 1. The van der Waals surface area contributed by atoms with Gasteiger partial charge in [0.05, 0.1) is 19.8 Å². The van der Waals surface area contributed by atoms with E-state index in [-0.39, 0.29) is 5.91 Å². The molecule has 0 aliphatic carbocycles. The second kappa shape index (κ2) is 9.02. The summed E-state index contributed by atoms with van der Waals surface area (Å²) in [6.07, 6.45) is 0. The summed E-state index contributed by atoms with van der Waals surface area (Å²) >= 11 is 0. The Kier molecular flexibility index (Phi) is 6.48.